The molecule has 0 bridgehead atoms. The maximum absolute atomic E-state index is 5.49. The van der Waals surface area contributed by atoms with Gasteiger partial charge in [-0.25, -0.2) is 15.0 Å². The first-order valence-corrected chi connectivity index (χ1v) is 20.9. The van der Waals surface area contributed by atoms with Crippen LogP contribution in [0.4, 0.5) is 0 Å². The highest BCUT2D eigenvalue weighted by Gasteiger charge is 2.19. The van der Waals surface area contributed by atoms with Crippen molar-refractivity contribution in [1.29, 1.82) is 0 Å². The van der Waals surface area contributed by atoms with Gasteiger partial charge in [-0.15, -0.1) is 0 Å². The molecule has 0 saturated carbocycles. The van der Waals surface area contributed by atoms with Crippen LogP contribution in [0.1, 0.15) is 12.7 Å². The van der Waals surface area contributed by atoms with E-state index in [0.29, 0.717) is 5.82 Å². The minimum Gasteiger partial charge on any atom is -0.296 e. The van der Waals surface area contributed by atoms with E-state index in [1.807, 2.05) is 0 Å². The molecule has 0 aliphatic carbocycles. The van der Waals surface area contributed by atoms with Gasteiger partial charge < -0.3 is 0 Å². The lowest BCUT2D eigenvalue weighted by Crippen LogP contribution is -2.02. The molecule has 0 radical (unpaired) electrons. The van der Waals surface area contributed by atoms with Crippen LogP contribution in [-0.2, 0) is 6.42 Å². The van der Waals surface area contributed by atoms with Crippen molar-refractivity contribution < 1.29 is 0 Å². The molecule has 0 atom stereocenters. The van der Waals surface area contributed by atoms with Crippen molar-refractivity contribution in [3.8, 4) is 73.0 Å². The highest BCUT2D eigenvalue weighted by molar-refractivity contribution is 6.14. The Bertz CT molecular complexity index is 3390. The smallest absolute Gasteiger partial charge is 0.160 e. The molecule has 0 aliphatic rings. The highest BCUT2D eigenvalue weighted by atomic mass is 15.1. The zero-order chi connectivity index (χ0) is 40.7. The third-order valence-electron chi connectivity index (χ3n) is 11.8. The van der Waals surface area contributed by atoms with Gasteiger partial charge in [0.05, 0.1) is 22.4 Å². The quantitative estimate of drug-likeness (QED) is 0.144. The Kier molecular flexibility index (Phi) is 9.09. The maximum atomic E-state index is 5.49. The molecule has 0 spiro atoms. The number of fused-ring (bicyclic) bond motifs is 4. The van der Waals surface area contributed by atoms with Crippen molar-refractivity contribution in [2.75, 3.05) is 0 Å². The summed E-state index contributed by atoms with van der Waals surface area (Å²) in [6.45, 7) is 2.17. The second-order valence-corrected chi connectivity index (χ2v) is 15.5. The molecule has 4 nitrogen and oxygen atoms in total. The van der Waals surface area contributed by atoms with Crippen LogP contribution in [0.15, 0.2) is 212 Å². The topological polar surface area (TPSA) is 43.6 Å². The third kappa shape index (κ3) is 6.65. The second kappa shape index (κ2) is 15.3. The second-order valence-electron chi connectivity index (χ2n) is 15.5. The number of aromatic nitrogens is 4. The summed E-state index contributed by atoms with van der Waals surface area (Å²) in [7, 11) is 0. The Morgan fingerprint density at radius 2 is 0.967 bits per heavy atom. The molecule has 0 fully saturated rings. The summed E-state index contributed by atoms with van der Waals surface area (Å²) in [5.74, 6) is 1.65. The molecular weight excluding hydrogens is 741 g/mol. The van der Waals surface area contributed by atoms with E-state index in [2.05, 4.69) is 224 Å². The zero-order valence-electron chi connectivity index (χ0n) is 33.7. The molecule has 0 N–H and O–H groups in total. The largest absolute Gasteiger partial charge is 0.296 e. The molecule has 2 aromatic heterocycles. The van der Waals surface area contributed by atoms with Gasteiger partial charge in [0.15, 0.2) is 5.82 Å². The molecule has 0 unspecified atom stereocenters. The van der Waals surface area contributed by atoms with E-state index >= 15 is 0 Å². The Morgan fingerprint density at radius 1 is 0.377 bits per heavy atom. The van der Waals surface area contributed by atoms with Gasteiger partial charge in [0.1, 0.15) is 5.82 Å². The molecular formula is C57H40N4. The number of para-hydroxylation sites is 2. The molecule has 0 aliphatic heterocycles. The summed E-state index contributed by atoms with van der Waals surface area (Å²) < 4.78 is 2.31. The molecule has 9 aromatic carbocycles. The van der Waals surface area contributed by atoms with E-state index in [-0.39, 0.29) is 0 Å². The molecule has 11 rings (SSSR count). The fourth-order valence-corrected chi connectivity index (χ4v) is 8.82. The molecule has 2 heterocycles. The van der Waals surface area contributed by atoms with Gasteiger partial charge in [-0.1, -0.05) is 177 Å². The van der Waals surface area contributed by atoms with Gasteiger partial charge in [-0.2, -0.15) is 0 Å². The Balaban J connectivity index is 1.18. The van der Waals surface area contributed by atoms with Crippen molar-refractivity contribution in [2.45, 2.75) is 13.3 Å². The number of benzene rings is 9. The number of hydrogen-bond acceptors (Lipinski definition) is 3. The minimum atomic E-state index is 0.651. The number of rotatable bonds is 8. The van der Waals surface area contributed by atoms with Crippen LogP contribution in [-0.4, -0.2) is 19.5 Å². The van der Waals surface area contributed by atoms with Gasteiger partial charge in [-0.3, -0.25) is 4.57 Å². The number of aryl methyl sites for hydroxylation is 1. The molecule has 0 amide bonds. The first-order valence-electron chi connectivity index (χ1n) is 20.9. The third-order valence-corrected chi connectivity index (χ3v) is 11.8. The molecule has 4 heteroatoms. The predicted octanol–water partition coefficient (Wildman–Crippen LogP) is 14.7. The van der Waals surface area contributed by atoms with Crippen molar-refractivity contribution in [2.24, 2.45) is 0 Å². The van der Waals surface area contributed by atoms with Gasteiger partial charge in [0.2, 0.25) is 0 Å². The predicted molar refractivity (Wildman–Crippen MR) is 254 cm³/mol. The van der Waals surface area contributed by atoms with Crippen LogP contribution in [0.5, 0.6) is 0 Å². The normalized spacial score (nSPS) is 11.4. The summed E-state index contributed by atoms with van der Waals surface area (Å²) in [4.78, 5) is 16.0. The first-order chi connectivity index (χ1) is 30.2. The van der Waals surface area contributed by atoms with Crippen molar-refractivity contribution in [3.05, 3.63) is 218 Å². The van der Waals surface area contributed by atoms with E-state index in [1.54, 1.807) is 0 Å². The van der Waals surface area contributed by atoms with Crippen molar-refractivity contribution in [3.63, 3.8) is 0 Å². The SMILES string of the molecule is CCc1nc2ccccc2n1-c1cc(-c2nc(-c3ccc(-c4ccccc4)cc3)cc(-c3ccccc3-c3ccccc3)n2)cc(-c2cc3ccccc3c3ccccc23)c1. The van der Waals surface area contributed by atoms with Crippen molar-refractivity contribution in [1.82, 2.24) is 19.5 Å². The van der Waals surface area contributed by atoms with Crippen molar-refractivity contribution >= 4 is 32.6 Å². The van der Waals surface area contributed by atoms with Crippen LogP contribution in [0.25, 0.3) is 106 Å². The molecule has 11 aromatic rings. The lowest BCUT2D eigenvalue weighted by Gasteiger charge is -2.17. The van der Waals surface area contributed by atoms with Crippen LogP contribution >= 0.6 is 0 Å². The summed E-state index contributed by atoms with van der Waals surface area (Å²) in [5.41, 5.74) is 14.6. The molecule has 288 valence electrons. The van der Waals surface area contributed by atoms with Crippen LogP contribution in [0.2, 0.25) is 0 Å². The summed E-state index contributed by atoms with van der Waals surface area (Å²) in [6, 6.07) is 75.4. The van der Waals surface area contributed by atoms with Gasteiger partial charge in [0, 0.05) is 28.8 Å². The van der Waals surface area contributed by atoms with Crippen LogP contribution < -0.4 is 0 Å². The number of imidazole rings is 1. The van der Waals surface area contributed by atoms with Crippen LogP contribution in [0, 0.1) is 0 Å². The van der Waals surface area contributed by atoms with E-state index < -0.39 is 0 Å². The summed E-state index contributed by atoms with van der Waals surface area (Å²) in [6.07, 6.45) is 0.776. The van der Waals surface area contributed by atoms with E-state index in [1.165, 1.54) is 27.1 Å². The van der Waals surface area contributed by atoms with Gasteiger partial charge in [-0.05, 0) is 97.4 Å². The maximum Gasteiger partial charge on any atom is 0.160 e. The Hall–Kier alpha value is -7.95. The monoisotopic (exact) mass is 780 g/mol. The number of nitrogens with zero attached hydrogens (tertiary/aromatic N) is 4. The molecule has 0 saturated heterocycles. The average molecular weight is 781 g/mol. The van der Waals surface area contributed by atoms with E-state index in [4.69, 9.17) is 15.0 Å². The van der Waals surface area contributed by atoms with E-state index in [0.717, 1.165) is 84.9 Å². The summed E-state index contributed by atoms with van der Waals surface area (Å²) >= 11 is 0. The fourth-order valence-electron chi connectivity index (χ4n) is 8.82. The number of hydrogen-bond donors (Lipinski definition) is 0. The minimum absolute atomic E-state index is 0.651. The van der Waals surface area contributed by atoms with Gasteiger partial charge >= 0.3 is 0 Å². The van der Waals surface area contributed by atoms with Crippen LogP contribution in [0.3, 0.4) is 0 Å². The standard InChI is InChI=1S/C57H40N4/c1-2-56-58-52-27-15-16-28-55(52)61(56)45-34-43(51-36-42-21-9-10-23-47(42)48-24-12-13-25-49(48)51)33-44(35-45)57-59-53(41-31-29-39(30-32-41)38-17-5-3-6-18-38)37-54(60-57)50-26-14-11-22-46(50)40-19-7-4-8-20-40/h3-37H,2H2,1H3. The van der Waals surface area contributed by atoms with E-state index in [9.17, 15) is 0 Å². The molecule has 61 heavy (non-hydrogen) atoms. The lowest BCUT2D eigenvalue weighted by atomic mass is 9.92. The lowest BCUT2D eigenvalue weighted by molar-refractivity contribution is 0.908. The Morgan fingerprint density at radius 3 is 1.75 bits per heavy atom. The first kappa shape index (κ1) is 36.2. The highest BCUT2D eigenvalue weighted by Crippen LogP contribution is 2.40. The Labute approximate surface area is 355 Å². The fraction of sp³-hybridized carbons (Fsp3) is 0.0351. The zero-order valence-corrected chi connectivity index (χ0v) is 33.7. The summed E-state index contributed by atoms with van der Waals surface area (Å²) in [5, 5.41) is 4.86. The average Bonchev–Trinajstić information content (AvgIpc) is 3.73. The van der Waals surface area contributed by atoms with Gasteiger partial charge in [0.25, 0.3) is 0 Å².